The molecule has 3 rings (SSSR count). The Kier molecular flexibility index (Phi) is 4.22. The lowest BCUT2D eigenvalue weighted by Gasteiger charge is -2.23. The highest BCUT2D eigenvalue weighted by molar-refractivity contribution is 7.80. The maximum absolute atomic E-state index is 6.05. The first-order chi connectivity index (χ1) is 9.72. The fourth-order valence-electron chi connectivity index (χ4n) is 3.36. The Labute approximate surface area is 129 Å². The van der Waals surface area contributed by atoms with Gasteiger partial charge in [-0.15, -0.1) is 0 Å². The summed E-state index contributed by atoms with van der Waals surface area (Å²) in [6, 6.07) is 8.12. The van der Waals surface area contributed by atoms with Crippen LogP contribution in [0.4, 0.5) is 0 Å². The molecule has 0 radical (unpaired) electrons. The predicted octanol–water partition coefficient (Wildman–Crippen LogP) is 3.33. The van der Waals surface area contributed by atoms with Crippen molar-refractivity contribution < 1.29 is 0 Å². The van der Waals surface area contributed by atoms with E-state index in [1.165, 1.54) is 25.7 Å². The van der Waals surface area contributed by atoms with Gasteiger partial charge in [-0.2, -0.15) is 5.10 Å². The fourth-order valence-corrected chi connectivity index (χ4v) is 3.75. The van der Waals surface area contributed by atoms with Gasteiger partial charge < -0.3 is 5.32 Å². The standard InChI is InChI=1S/C15H18ClN3S/c16-13-4-2-1-3-12(13)9-17-19-15(20)18-14-8-10-5-6-11(14)7-10/h1-4,9-11,14H,5-8H2,(H2,18,19,20)/b17-9-/t10-,11-,14+/m1/s1. The summed E-state index contributed by atoms with van der Waals surface area (Å²) in [7, 11) is 0. The molecule has 0 spiro atoms. The van der Waals surface area contributed by atoms with Gasteiger partial charge in [-0.25, -0.2) is 0 Å². The Hall–Kier alpha value is -1.13. The van der Waals surface area contributed by atoms with Crippen LogP contribution in [0, 0.1) is 11.8 Å². The Morgan fingerprint density at radius 2 is 2.15 bits per heavy atom. The highest BCUT2D eigenvalue weighted by Gasteiger charge is 2.39. The van der Waals surface area contributed by atoms with Crippen LogP contribution in [0.2, 0.25) is 5.02 Å². The highest BCUT2D eigenvalue weighted by atomic mass is 35.5. The van der Waals surface area contributed by atoms with Gasteiger partial charge in [0.1, 0.15) is 0 Å². The van der Waals surface area contributed by atoms with Gasteiger partial charge in [-0.05, 0) is 49.4 Å². The molecule has 20 heavy (non-hydrogen) atoms. The smallest absolute Gasteiger partial charge is 0.187 e. The predicted molar refractivity (Wildman–Crippen MR) is 87.2 cm³/mol. The Morgan fingerprint density at radius 3 is 2.85 bits per heavy atom. The molecule has 0 saturated heterocycles. The zero-order chi connectivity index (χ0) is 13.9. The molecule has 1 aromatic carbocycles. The number of nitrogens with one attached hydrogen (secondary N) is 2. The van der Waals surface area contributed by atoms with Crippen molar-refractivity contribution in [1.82, 2.24) is 10.7 Å². The van der Waals surface area contributed by atoms with Crippen LogP contribution in [0.25, 0.3) is 0 Å². The van der Waals surface area contributed by atoms with E-state index >= 15 is 0 Å². The van der Waals surface area contributed by atoms with E-state index in [1.807, 2.05) is 24.3 Å². The molecule has 0 amide bonds. The molecule has 2 saturated carbocycles. The SMILES string of the molecule is S=C(N/N=C\c1ccccc1Cl)N[C@H]1C[C@@H]2CC[C@@H]1C2. The number of hydrogen-bond donors (Lipinski definition) is 2. The van der Waals surface area contributed by atoms with E-state index in [4.69, 9.17) is 23.8 Å². The summed E-state index contributed by atoms with van der Waals surface area (Å²) in [6.07, 6.45) is 7.04. The first-order valence-corrected chi connectivity index (χ1v) is 7.85. The van der Waals surface area contributed by atoms with Crippen LogP contribution in [0.3, 0.4) is 0 Å². The molecule has 2 aliphatic carbocycles. The van der Waals surface area contributed by atoms with Gasteiger partial charge in [0.2, 0.25) is 0 Å². The maximum Gasteiger partial charge on any atom is 0.187 e. The van der Waals surface area contributed by atoms with Crippen molar-refractivity contribution in [1.29, 1.82) is 0 Å². The zero-order valence-electron chi connectivity index (χ0n) is 11.2. The fraction of sp³-hybridized carbons (Fsp3) is 0.467. The summed E-state index contributed by atoms with van der Waals surface area (Å²) in [6.45, 7) is 0. The molecule has 2 aliphatic rings. The second-order valence-electron chi connectivity index (χ2n) is 5.65. The van der Waals surface area contributed by atoms with Crippen LogP contribution in [0.5, 0.6) is 0 Å². The van der Waals surface area contributed by atoms with E-state index in [0.717, 1.165) is 17.4 Å². The molecule has 0 aliphatic heterocycles. The molecular formula is C15H18ClN3S. The number of halogens is 1. The van der Waals surface area contributed by atoms with Gasteiger partial charge in [0.15, 0.2) is 5.11 Å². The average Bonchev–Trinajstić information content (AvgIpc) is 3.03. The number of fused-ring (bicyclic) bond motifs is 2. The van der Waals surface area contributed by atoms with Gasteiger partial charge in [0.25, 0.3) is 0 Å². The van der Waals surface area contributed by atoms with Crippen molar-refractivity contribution in [3.05, 3.63) is 34.9 Å². The summed E-state index contributed by atoms with van der Waals surface area (Å²) >= 11 is 11.3. The van der Waals surface area contributed by atoms with E-state index in [0.29, 0.717) is 16.2 Å². The molecule has 2 bridgehead atoms. The minimum Gasteiger partial charge on any atom is -0.358 e. The first kappa shape index (κ1) is 13.8. The second kappa shape index (κ2) is 6.10. The van der Waals surface area contributed by atoms with E-state index in [2.05, 4.69) is 15.8 Å². The van der Waals surface area contributed by atoms with Crippen molar-refractivity contribution in [3.8, 4) is 0 Å². The van der Waals surface area contributed by atoms with Crippen LogP contribution >= 0.6 is 23.8 Å². The normalized spacial score (nSPS) is 27.9. The molecule has 0 unspecified atom stereocenters. The molecule has 2 N–H and O–H groups in total. The van der Waals surface area contributed by atoms with E-state index in [-0.39, 0.29) is 0 Å². The van der Waals surface area contributed by atoms with Crippen molar-refractivity contribution in [2.75, 3.05) is 0 Å². The van der Waals surface area contributed by atoms with Crippen LogP contribution in [0.15, 0.2) is 29.4 Å². The number of hydrazone groups is 1. The topological polar surface area (TPSA) is 36.4 Å². The summed E-state index contributed by atoms with van der Waals surface area (Å²) in [5.74, 6) is 1.71. The van der Waals surface area contributed by atoms with E-state index in [9.17, 15) is 0 Å². The van der Waals surface area contributed by atoms with Gasteiger partial charge >= 0.3 is 0 Å². The van der Waals surface area contributed by atoms with Crippen LogP contribution in [0.1, 0.15) is 31.2 Å². The number of hydrogen-bond acceptors (Lipinski definition) is 2. The Balaban J connectivity index is 1.49. The highest BCUT2D eigenvalue weighted by Crippen LogP contribution is 2.44. The minimum atomic E-state index is 0.532. The van der Waals surface area contributed by atoms with Gasteiger partial charge in [-0.3, -0.25) is 5.43 Å². The van der Waals surface area contributed by atoms with Gasteiger partial charge in [0, 0.05) is 16.6 Å². The monoisotopic (exact) mass is 307 g/mol. The van der Waals surface area contributed by atoms with Crippen LogP contribution < -0.4 is 10.7 Å². The number of thiocarbonyl (C=S) groups is 1. The minimum absolute atomic E-state index is 0.532. The van der Waals surface area contributed by atoms with Crippen molar-refractivity contribution in [2.24, 2.45) is 16.9 Å². The Morgan fingerprint density at radius 1 is 1.30 bits per heavy atom. The molecule has 0 heterocycles. The largest absolute Gasteiger partial charge is 0.358 e. The second-order valence-corrected chi connectivity index (χ2v) is 6.46. The van der Waals surface area contributed by atoms with Crippen molar-refractivity contribution >= 4 is 35.1 Å². The molecule has 3 atom stereocenters. The molecule has 2 fully saturated rings. The maximum atomic E-state index is 6.05. The van der Waals surface area contributed by atoms with E-state index in [1.54, 1.807) is 6.21 Å². The summed E-state index contributed by atoms with van der Waals surface area (Å²) in [5, 5.41) is 8.82. The average molecular weight is 308 g/mol. The van der Waals surface area contributed by atoms with Crippen molar-refractivity contribution in [2.45, 2.75) is 31.7 Å². The van der Waals surface area contributed by atoms with Gasteiger partial charge in [-0.1, -0.05) is 36.2 Å². The zero-order valence-corrected chi connectivity index (χ0v) is 12.8. The van der Waals surface area contributed by atoms with Crippen LogP contribution in [-0.2, 0) is 0 Å². The van der Waals surface area contributed by atoms with Gasteiger partial charge in [0.05, 0.1) is 6.21 Å². The van der Waals surface area contributed by atoms with Crippen molar-refractivity contribution in [3.63, 3.8) is 0 Å². The molecule has 5 heteroatoms. The number of nitrogens with zero attached hydrogens (tertiary/aromatic N) is 1. The summed E-state index contributed by atoms with van der Waals surface area (Å²) < 4.78 is 0. The third-order valence-electron chi connectivity index (χ3n) is 4.33. The molecule has 106 valence electrons. The number of benzene rings is 1. The lowest BCUT2D eigenvalue weighted by Crippen LogP contribution is -2.42. The number of rotatable bonds is 3. The third kappa shape index (κ3) is 3.13. The summed E-state index contributed by atoms with van der Waals surface area (Å²) in [5.41, 5.74) is 3.75. The Bertz CT molecular complexity index is 532. The molecule has 3 nitrogen and oxygen atoms in total. The molecular weight excluding hydrogens is 290 g/mol. The van der Waals surface area contributed by atoms with E-state index < -0.39 is 0 Å². The lowest BCUT2D eigenvalue weighted by molar-refractivity contribution is 0.389. The first-order valence-electron chi connectivity index (χ1n) is 7.06. The van der Waals surface area contributed by atoms with Crippen LogP contribution in [-0.4, -0.2) is 17.4 Å². The molecule has 0 aromatic heterocycles. The third-order valence-corrected chi connectivity index (χ3v) is 4.88. The molecule has 1 aromatic rings. The quantitative estimate of drug-likeness (QED) is 0.511. The lowest BCUT2D eigenvalue weighted by atomic mass is 9.96. The summed E-state index contributed by atoms with van der Waals surface area (Å²) in [4.78, 5) is 0.